The van der Waals surface area contributed by atoms with Crippen LogP contribution in [0.1, 0.15) is 26.3 Å². The van der Waals surface area contributed by atoms with E-state index in [1.807, 2.05) is 51.1 Å². The van der Waals surface area contributed by atoms with Crippen molar-refractivity contribution in [2.75, 3.05) is 6.54 Å². The summed E-state index contributed by atoms with van der Waals surface area (Å²) in [5.74, 6) is -0.192. The van der Waals surface area contributed by atoms with Gasteiger partial charge in [-0.25, -0.2) is 0 Å². The van der Waals surface area contributed by atoms with Crippen LogP contribution in [0, 0.1) is 5.41 Å². The van der Waals surface area contributed by atoms with Crippen LogP contribution in [0.4, 0.5) is 0 Å². The van der Waals surface area contributed by atoms with E-state index in [-0.39, 0.29) is 17.9 Å². The molecule has 18 heavy (non-hydrogen) atoms. The average molecular weight is 247 g/mol. The van der Waals surface area contributed by atoms with Gasteiger partial charge in [-0.05, 0) is 17.1 Å². The van der Waals surface area contributed by atoms with Crippen molar-refractivity contribution in [1.82, 2.24) is 5.32 Å². The summed E-state index contributed by atoms with van der Waals surface area (Å²) in [6.45, 7) is 6.07. The number of hydrogen-bond donors (Lipinski definition) is 2. The zero-order chi connectivity index (χ0) is 13.6. The summed E-state index contributed by atoms with van der Waals surface area (Å²) in [5, 5.41) is 12.5. The van der Waals surface area contributed by atoms with Crippen molar-refractivity contribution in [2.24, 2.45) is 5.41 Å². The molecule has 1 unspecified atom stereocenters. The van der Waals surface area contributed by atoms with Crippen molar-refractivity contribution in [3.8, 4) is 0 Å². The summed E-state index contributed by atoms with van der Waals surface area (Å²) in [6.07, 6.45) is 2.68. The standard InChI is InChI=1S/C15H21NO2/c1-15(2,3)13(17)11-16-14(18)10-9-12-7-5-4-6-8-12/h4-10,13,17H,11H2,1-3H3,(H,16,18)/b10-9+. The molecule has 0 bridgehead atoms. The Balaban J connectivity index is 2.41. The smallest absolute Gasteiger partial charge is 0.244 e. The van der Waals surface area contributed by atoms with E-state index in [0.29, 0.717) is 0 Å². The lowest BCUT2D eigenvalue weighted by atomic mass is 9.89. The highest BCUT2D eigenvalue weighted by Gasteiger charge is 2.21. The van der Waals surface area contributed by atoms with Gasteiger partial charge < -0.3 is 10.4 Å². The van der Waals surface area contributed by atoms with Crippen molar-refractivity contribution in [2.45, 2.75) is 26.9 Å². The Bertz CT molecular complexity index is 404. The second-order valence-corrected chi connectivity index (χ2v) is 5.37. The molecule has 0 aliphatic rings. The molecule has 3 nitrogen and oxygen atoms in total. The molecule has 1 amide bonds. The van der Waals surface area contributed by atoms with Gasteiger partial charge in [-0.2, -0.15) is 0 Å². The van der Waals surface area contributed by atoms with Crippen LogP contribution in [0.3, 0.4) is 0 Å². The van der Waals surface area contributed by atoms with Gasteiger partial charge in [0.25, 0.3) is 0 Å². The van der Waals surface area contributed by atoms with Gasteiger partial charge in [0.15, 0.2) is 0 Å². The molecule has 1 rings (SSSR count). The third-order valence-electron chi connectivity index (χ3n) is 2.70. The van der Waals surface area contributed by atoms with E-state index in [4.69, 9.17) is 0 Å². The van der Waals surface area contributed by atoms with Gasteiger partial charge in [-0.15, -0.1) is 0 Å². The van der Waals surface area contributed by atoms with Crippen LogP contribution in [0.25, 0.3) is 6.08 Å². The number of hydrogen-bond acceptors (Lipinski definition) is 2. The van der Waals surface area contributed by atoms with Crippen molar-refractivity contribution < 1.29 is 9.90 Å². The lowest BCUT2D eigenvalue weighted by Crippen LogP contribution is -2.38. The maximum Gasteiger partial charge on any atom is 0.244 e. The minimum absolute atomic E-state index is 0.192. The van der Waals surface area contributed by atoms with Crippen LogP contribution in [0.15, 0.2) is 36.4 Å². The summed E-state index contributed by atoms with van der Waals surface area (Å²) in [6, 6.07) is 9.61. The first-order chi connectivity index (χ1) is 8.39. The normalized spacial score (nSPS) is 13.6. The predicted octanol–water partition coefficient (Wildman–Crippen LogP) is 2.22. The van der Waals surface area contributed by atoms with Gasteiger partial charge in [0.2, 0.25) is 5.91 Å². The summed E-state index contributed by atoms with van der Waals surface area (Å²) in [7, 11) is 0. The number of aliphatic hydroxyl groups excluding tert-OH is 1. The van der Waals surface area contributed by atoms with Crippen LogP contribution >= 0.6 is 0 Å². The van der Waals surface area contributed by atoms with Crippen LogP contribution < -0.4 is 5.32 Å². The third-order valence-corrected chi connectivity index (χ3v) is 2.70. The van der Waals surface area contributed by atoms with E-state index in [9.17, 15) is 9.90 Å². The third kappa shape index (κ3) is 5.15. The molecule has 0 fully saturated rings. The molecule has 98 valence electrons. The van der Waals surface area contributed by atoms with E-state index < -0.39 is 6.10 Å². The summed E-state index contributed by atoms with van der Waals surface area (Å²) in [4.78, 5) is 11.5. The molecular formula is C15H21NO2. The fraction of sp³-hybridized carbons (Fsp3) is 0.400. The molecule has 0 aromatic heterocycles. The number of amides is 1. The zero-order valence-electron chi connectivity index (χ0n) is 11.2. The fourth-order valence-corrected chi connectivity index (χ4v) is 1.30. The van der Waals surface area contributed by atoms with Gasteiger partial charge in [0, 0.05) is 12.6 Å². The Hall–Kier alpha value is -1.61. The Kier molecular flexibility index (Phi) is 5.10. The minimum atomic E-state index is -0.549. The molecule has 0 radical (unpaired) electrons. The maximum absolute atomic E-state index is 11.5. The second kappa shape index (κ2) is 6.36. The van der Waals surface area contributed by atoms with Crippen LogP contribution in [-0.2, 0) is 4.79 Å². The molecule has 1 atom stereocenters. The topological polar surface area (TPSA) is 49.3 Å². The van der Waals surface area contributed by atoms with E-state index in [1.54, 1.807) is 6.08 Å². The first-order valence-corrected chi connectivity index (χ1v) is 6.08. The molecule has 2 N–H and O–H groups in total. The molecule has 0 saturated heterocycles. The molecule has 1 aromatic carbocycles. The highest BCUT2D eigenvalue weighted by Crippen LogP contribution is 2.17. The van der Waals surface area contributed by atoms with Crippen LogP contribution in [-0.4, -0.2) is 23.7 Å². The average Bonchev–Trinajstić information content (AvgIpc) is 2.33. The Morgan fingerprint density at radius 1 is 1.33 bits per heavy atom. The maximum atomic E-state index is 11.5. The quantitative estimate of drug-likeness (QED) is 0.802. The van der Waals surface area contributed by atoms with Gasteiger partial charge in [0.05, 0.1) is 6.10 Å². The van der Waals surface area contributed by atoms with Gasteiger partial charge in [-0.1, -0.05) is 51.1 Å². The van der Waals surface area contributed by atoms with Crippen LogP contribution in [0.5, 0.6) is 0 Å². The highest BCUT2D eigenvalue weighted by atomic mass is 16.3. The number of carbonyl (C=O) groups excluding carboxylic acids is 1. The minimum Gasteiger partial charge on any atom is -0.391 e. The Morgan fingerprint density at radius 2 is 1.94 bits per heavy atom. The number of rotatable bonds is 4. The monoisotopic (exact) mass is 247 g/mol. The number of benzene rings is 1. The summed E-state index contributed by atoms with van der Waals surface area (Å²) in [5.41, 5.74) is 0.750. The van der Waals surface area contributed by atoms with Gasteiger partial charge in [-0.3, -0.25) is 4.79 Å². The molecule has 3 heteroatoms. The number of carbonyl (C=O) groups is 1. The molecule has 0 spiro atoms. The van der Waals surface area contributed by atoms with Crippen molar-refractivity contribution in [3.05, 3.63) is 42.0 Å². The predicted molar refractivity (Wildman–Crippen MR) is 73.9 cm³/mol. The number of aliphatic hydroxyl groups is 1. The molecular weight excluding hydrogens is 226 g/mol. The van der Waals surface area contributed by atoms with E-state index >= 15 is 0 Å². The Morgan fingerprint density at radius 3 is 2.50 bits per heavy atom. The van der Waals surface area contributed by atoms with Crippen molar-refractivity contribution in [3.63, 3.8) is 0 Å². The fourth-order valence-electron chi connectivity index (χ4n) is 1.30. The SMILES string of the molecule is CC(C)(C)C(O)CNC(=O)/C=C/c1ccccc1. The van der Waals surface area contributed by atoms with E-state index in [0.717, 1.165) is 5.56 Å². The summed E-state index contributed by atoms with van der Waals surface area (Å²) >= 11 is 0. The molecule has 0 heterocycles. The van der Waals surface area contributed by atoms with Crippen molar-refractivity contribution >= 4 is 12.0 Å². The first-order valence-electron chi connectivity index (χ1n) is 6.08. The first kappa shape index (κ1) is 14.5. The van der Waals surface area contributed by atoms with Crippen LogP contribution in [0.2, 0.25) is 0 Å². The lowest BCUT2D eigenvalue weighted by molar-refractivity contribution is -0.117. The molecule has 0 aliphatic heterocycles. The summed E-state index contributed by atoms with van der Waals surface area (Å²) < 4.78 is 0. The molecule has 0 saturated carbocycles. The lowest BCUT2D eigenvalue weighted by Gasteiger charge is -2.25. The second-order valence-electron chi connectivity index (χ2n) is 5.37. The number of nitrogens with one attached hydrogen (secondary N) is 1. The van der Waals surface area contributed by atoms with Gasteiger partial charge >= 0.3 is 0 Å². The highest BCUT2D eigenvalue weighted by molar-refractivity contribution is 5.91. The van der Waals surface area contributed by atoms with E-state index in [1.165, 1.54) is 6.08 Å². The van der Waals surface area contributed by atoms with Gasteiger partial charge in [0.1, 0.15) is 0 Å². The van der Waals surface area contributed by atoms with E-state index in [2.05, 4.69) is 5.32 Å². The van der Waals surface area contributed by atoms with Crippen molar-refractivity contribution in [1.29, 1.82) is 0 Å². The largest absolute Gasteiger partial charge is 0.391 e. The molecule has 0 aliphatic carbocycles. The Labute approximate surface area is 109 Å². The zero-order valence-corrected chi connectivity index (χ0v) is 11.2. The molecule has 1 aromatic rings.